The first-order valence-corrected chi connectivity index (χ1v) is 9.92. The quantitative estimate of drug-likeness (QED) is 0.711. The monoisotopic (exact) mass is 406 g/mol. The van der Waals surface area contributed by atoms with E-state index in [0.29, 0.717) is 29.5 Å². The molecule has 1 aliphatic rings. The molecule has 0 unspecified atom stereocenters. The van der Waals surface area contributed by atoms with Crippen LogP contribution in [0.1, 0.15) is 24.0 Å². The predicted octanol–water partition coefficient (Wildman–Crippen LogP) is 3.02. The summed E-state index contributed by atoms with van der Waals surface area (Å²) in [5.74, 6) is 2.32. The van der Waals surface area contributed by atoms with Gasteiger partial charge in [-0.25, -0.2) is 4.98 Å². The maximum absolute atomic E-state index is 12.2. The number of piperidine rings is 1. The Labute approximate surface area is 176 Å². The lowest BCUT2D eigenvalue weighted by atomic mass is 9.96. The molecule has 0 saturated carbocycles. The van der Waals surface area contributed by atoms with Gasteiger partial charge in [0.2, 0.25) is 5.91 Å². The van der Waals surface area contributed by atoms with E-state index < -0.39 is 0 Å². The number of nitrogens with one attached hydrogen (secondary N) is 1. The molecule has 1 fully saturated rings. The van der Waals surface area contributed by atoms with Gasteiger partial charge >= 0.3 is 0 Å². The number of rotatable bonds is 7. The minimum absolute atomic E-state index is 0.122. The second-order valence-electron chi connectivity index (χ2n) is 7.11. The molecule has 1 N–H and O–H groups in total. The van der Waals surface area contributed by atoms with Crippen molar-refractivity contribution >= 4 is 17.8 Å². The molecule has 0 atom stereocenters. The van der Waals surface area contributed by atoms with Crippen molar-refractivity contribution in [2.24, 2.45) is 5.92 Å². The van der Waals surface area contributed by atoms with Crippen LogP contribution in [-0.4, -0.2) is 44.7 Å². The van der Waals surface area contributed by atoms with E-state index in [9.17, 15) is 10.1 Å². The van der Waals surface area contributed by atoms with Gasteiger partial charge in [-0.3, -0.25) is 4.79 Å². The number of nitriles is 1. The molecular weight excluding hydrogens is 380 g/mol. The van der Waals surface area contributed by atoms with Gasteiger partial charge in [0.15, 0.2) is 11.5 Å². The van der Waals surface area contributed by atoms with Crippen LogP contribution >= 0.6 is 0 Å². The number of anilines is 1. The maximum Gasteiger partial charge on any atom is 0.244 e. The van der Waals surface area contributed by atoms with Crippen molar-refractivity contribution in [3.8, 4) is 17.6 Å². The summed E-state index contributed by atoms with van der Waals surface area (Å²) >= 11 is 0. The molecule has 0 radical (unpaired) electrons. The topological polar surface area (TPSA) is 87.5 Å². The molecule has 1 aliphatic heterocycles. The highest BCUT2D eigenvalue weighted by Gasteiger charge is 2.22. The lowest BCUT2D eigenvalue weighted by Gasteiger charge is -2.33. The molecule has 1 aromatic carbocycles. The standard InChI is InChI=1S/C23H26N4O3/c1-29-20-7-5-17(14-21(20)30-2)6-8-22(28)26-16-18-9-12-27(13-10-18)23-19(15-24)4-3-11-25-23/h3-8,11,14,18H,9-10,12-13,16H2,1-2H3,(H,26,28)/b8-6+. The summed E-state index contributed by atoms with van der Waals surface area (Å²) < 4.78 is 10.5. The highest BCUT2D eigenvalue weighted by Crippen LogP contribution is 2.28. The van der Waals surface area contributed by atoms with E-state index in [-0.39, 0.29) is 5.91 Å². The number of aromatic nitrogens is 1. The van der Waals surface area contributed by atoms with Gasteiger partial charge in [-0.15, -0.1) is 0 Å². The number of benzene rings is 1. The number of carbonyl (C=O) groups excluding carboxylic acids is 1. The van der Waals surface area contributed by atoms with Crippen LogP contribution in [0.15, 0.2) is 42.6 Å². The smallest absolute Gasteiger partial charge is 0.244 e. The number of methoxy groups -OCH3 is 2. The summed E-state index contributed by atoms with van der Waals surface area (Å²) in [5, 5.41) is 12.2. The first-order valence-electron chi connectivity index (χ1n) is 9.92. The molecule has 3 rings (SSSR count). The molecule has 0 bridgehead atoms. The highest BCUT2D eigenvalue weighted by molar-refractivity contribution is 5.91. The summed E-state index contributed by atoms with van der Waals surface area (Å²) in [6, 6.07) is 11.3. The van der Waals surface area contributed by atoms with Gasteiger partial charge in [0.25, 0.3) is 0 Å². The zero-order chi connectivity index (χ0) is 21.3. The number of hydrogen-bond donors (Lipinski definition) is 1. The van der Waals surface area contributed by atoms with Crippen molar-refractivity contribution in [1.82, 2.24) is 10.3 Å². The molecule has 7 nitrogen and oxygen atoms in total. The van der Waals surface area contributed by atoms with E-state index in [1.54, 1.807) is 38.6 Å². The zero-order valence-electron chi connectivity index (χ0n) is 17.3. The zero-order valence-corrected chi connectivity index (χ0v) is 17.3. The fourth-order valence-electron chi connectivity index (χ4n) is 3.52. The Kier molecular flexibility index (Phi) is 7.28. The Hall–Kier alpha value is -3.53. The normalized spacial score (nSPS) is 14.4. The molecule has 1 aromatic heterocycles. The molecule has 7 heteroatoms. The van der Waals surface area contributed by atoms with Crippen molar-refractivity contribution in [3.05, 3.63) is 53.7 Å². The van der Waals surface area contributed by atoms with Crippen LogP contribution < -0.4 is 19.7 Å². The highest BCUT2D eigenvalue weighted by atomic mass is 16.5. The third kappa shape index (κ3) is 5.29. The average Bonchev–Trinajstić information content (AvgIpc) is 2.81. The molecule has 30 heavy (non-hydrogen) atoms. The number of ether oxygens (including phenoxy) is 2. The molecule has 0 aliphatic carbocycles. The van der Waals surface area contributed by atoms with E-state index in [1.807, 2.05) is 18.2 Å². The Morgan fingerprint density at radius 2 is 2.03 bits per heavy atom. The van der Waals surface area contributed by atoms with Crippen LogP contribution in [0.4, 0.5) is 5.82 Å². The van der Waals surface area contributed by atoms with Gasteiger partial charge in [0.1, 0.15) is 11.9 Å². The number of pyridine rings is 1. The van der Waals surface area contributed by atoms with E-state index in [4.69, 9.17) is 9.47 Å². The van der Waals surface area contributed by atoms with Gasteiger partial charge < -0.3 is 19.7 Å². The molecule has 0 spiro atoms. The first-order chi connectivity index (χ1) is 14.6. The summed E-state index contributed by atoms with van der Waals surface area (Å²) in [7, 11) is 3.17. The predicted molar refractivity (Wildman–Crippen MR) is 115 cm³/mol. The molecule has 2 heterocycles. The lowest BCUT2D eigenvalue weighted by Crippen LogP contribution is -2.39. The number of amides is 1. The minimum Gasteiger partial charge on any atom is -0.493 e. The van der Waals surface area contributed by atoms with Crippen molar-refractivity contribution in [1.29, 1.82) is 5.26 Å². The van der Waals surface area contributed by atoms with Crippen LogP contribution in [0.2, 0.25) is 0 Å². The summed E-state index contributed by atoms with van der Waals surface area (Å²) in [4.78, 5) is 18.7. The number of hydrogen-bond acceptors (Lipinski definition) is 6. The molecule has 2 aromatic rings. The number of carbonyl (C=O) groups is 1. The molecular formula is C23H26N4O3. The Balaban J connectivity index is 1.47. The molecule has 1 saturated heterocycles. The Morgan fingerprint density at radius 3 is 2.73 bits per heavy atom. The number of nitrogens with zero attached hydrogens (tertiary/aromatic N) is 3. The van der Waals surface area contributed by atoms with Crippen LogP contribution in [0.25, 0.3) is 6.08 Å². The summed E-state index contributed by atoms with van der Waals surface area (Å²) in [6.45, 7) is 2.29. The van der Waals surface area contributed by atoms with Crippen LogP contribution in [-0.2, 0) is 4.79 Å². The summed E-state index contributed by atoms with van der Waals surface area (Å²) in [6.07, 6.45) is 6.89. The molecule has 1 amide bonds. The maximum atomic E-state index is 12.2. The third-order valence-corrected chi connectivity index (χ3v) is 5.22. The Morgan fingerprint density at radius 1 is 1.27 bits per heavy atom. The van der Waals surface area contributed by atoms with E-state index in [1.165, 1.54) is 6.08 Å². The van der Waals surface area contributed by atoms with E-state index >= 15 is 0 Å². The van der Waals surface area contributed by atoms with Crippen molar-refractivity contribution in [3.63, 3.8) is 0 Å². The van der Waals surface area contributed by atoms with Gasteiger partial charge in [-0.1, -0.05) is 6.07 Å². The average molecular weight is 406 g/mol. The minimum atomic E-state index is -0.122. The van der Waals surface area contributed by atoms with E-state index in [0.717, 1.165) is 37.3 Å². The van der Waals surface area contributed by atoms with Crippen molar-refractivity contribution in [2.45, 2.75) is 12.8 Å². The van der Waals surface area contributed by atoms with Crippen molar-refractivity contribution < 1.29 is 14.3 Å². The fraction of sp³-hybridized carbons (Fsp3) is 0.348. The third-order valence-electron chi connectivity index (χ3n) is 5.22. The molecule has 156 valence electrons. The van der Waals surface area contributed by atoms with Gasteiger partial charge in [-0.05, 0) is 54.7 Å². The van der Waals surface area contributed by atoms with Crippen LogP contribution in [0.5, 0.6) is 11.5 Å². The van der Waals surface area contributed by atoms with Crippen molar-refractivity contribution in [2.75, 3.05) is 38.8 Å². The van der Waals surface area contributed by atoms with E-state index in [2.05, 4.69) is 21.3 Å². The summed E-state index contributed by atoms with van der Waals surface area (Å²) in [5.41, 5.74) is 1.46. The fourth-order valence-corrected chi connectivity index (χ4v) is 3.52. The van der Waals surface area contributed by atoms with Gasteiger partial charge in [0.05, 0.1) is 19.8 Å². The SMILES string of the molecule is COc1ccc(/C=C/C(=O)NCC2CCN(c3ncccc3C#N)CC2)cc1OC. The van der Waals surface area contributed by atoms with Gasteiger partial charge in [0, 0.05) is 31.9 Å². The first kappa shape index (κ1) is 21.2. The lowest BCUT2D eigenvalue weighted by molar-refractivity contribution is -0.116. The van der Waals surface area contributed by atoms with Crippen LogP contribution in [0.3, 0.4) is 0 Å². The second-order valence-corrected chi connectivity index (χ2v) is 7.11. The Bertz CT molecular complexity index is 944. The largest absolute Gasteiger partial charge is 0.493 e. The van der Waals surface area contributed by atoms with Crippen LogP contribution in [0, 0.1) is 17.2 Å². The van der Waals surface area contributed by atoms with Gasteiger partial charge in [-0.2, -0.15) is 5.26 Å². The second kappa shape index (κ2) is 10.3.